The Bertz CT molecular complexity index is 1040. The first-order valence-corrected chi connectivity index (χ1v) is 8.82. The number of halogens is 3. The van der Waals surface area contributed by atoms with Crippen molar-refractivity contribution in [3.63, 3.8) is 0 Å². The maximum absolute atomic E-state index is 13.6. The lowest BCUT2D eigenvalue weighted by atomic mass is 10.1. The third-order valence-corrected chi connectivity index (χ3v) is 4.69. The lowest BCUT2D eigenvalue weighted by Crippen LogP contribution is -2.41. The Morgan fingerprint density at radius 2 is 1.79 bits per heavy atom. The molecule has 3 aromatic rings. The van der Waals surface area contributed by atoms with Gasteiger partial charge in [-0.1, -0.05) is 0 Å². The second-order valence-corrected chi connectivity index (χ2v) is 6.58. The van der Waals surface area contributed by atoms with Crippen LogP contribution < -0.4 is 10.5 Å². The smallest absolute Gasteiger partial charge is 0.255 e. The Hall–Kier alpha value is -2.84. The van der Waals surface area contributed by atoms with Crippen LogP contribution in [0.1, 0.15) is 11.7 Å². The molecule has 0 spiro atoms. The first kappa shape index (κ1) is 20.9. The van der Waals surface area contributed by atoms with Crippen molar-refractivity contribution in [3.05, 3.63) is 76.3 Å². The largest absolute Gasteiger partial charge is 0.370 e. The quantitative estimate of drug-likeness (QED) is 0.651. The van der Waals surface area contributed by atoms with E-state index in [1.54, 1.807) is 31.6 Å². The Morgan fingerprint density at radius 3 is 2.48 bits per heavy atom. The number of aromatic nitrogens is 3. The van der Waals surface area contributed by atoms with Gasteiger partial charge >= 0.3 is 0 Å². The number of rotatable bonds is 3. The van der Waals surface area contributed by atoms with E-state index in [1.165, 1.54) is 22.8 Å². The minimum absolute atomic E-state index is 0. The van der Waals surface area contributed by atoms with Crippen molar-refractivity contribution in [1.82, 2.24) is 14.5 Å². The molecule has 29 heavy (non-hydrogen) atoms. The molecule has 0 radical (unpaired) electrons. The van der Waals surface area contributed by atoms with Crippen LogP contribution in [0.15, 0.2) is 53.6 Å². The molecule has 0 saturated carbocycles. The standard InChI is InChI=1S/C20H18F2N4O2.ClH/c1-25-19(27)11-17(13-2-4-23-5-3-13)24-20(25)26-6-7-28-18(12-26)14-8-15(21)10-16(22)9-14;/h2-5,8-11,18H,6-7,12H2,1H3;1H. The fourth-order valence-corrected chi connectivity index (χ4v) is 3.27. The maximum Gasteiger partial charge on any atom is 0.255 e. The van der Waals surface area contributed by atoms with Gasteiger partial charge in [-0.15, -0.1) is 12.4 Å². The van der Waals surface area contributed by atoms with Crippen LogP contribution in [0.4, 0.5) is 14.7 Å². The molecule has 0 N–H and O–H groups in total. The zero-order valence-electron chi connectivity index (χ0n) is 15.6. The monoisotopic (exact) mass is 420 g/mol. The molecule has 1 aliphatic rings. The molecule has 2 aromatic heterocycles. The van der Waals surface area contributed by atoms with Crippen molar-refractivity contribution in [1.29, 1.82) is 0 Å². The van der Waals surface area contributed by atoms with E-state index < -0.39 is 17.7 Å². The molecule has 1 aromatic carbocycles. The van der Waals surface area contributed by atoms with Gasteiger partial charge in [0.25, 0.3) is 5.56 Å². The molecular formula is C20H19ClF2N4O2. The lowest BCUT2D eigenvalue weighted by Gasteiger charge is -2.34. The van der Waals surface area contributed by atoms with Crippen molar-refractivity contribution < 1.29 is 13.5 Å². The van der Waals surface area contributed by atoms with Crippen LogP contribution in [0, 0.1) is 11.6 Å². The lowest BCUT2D eigenvalue weighted by molar-refractivity contribution is 0.0386. The molecule has 1 aliphatic heterocycles. The second-order valence-electron chi connectivity index (χ2n) is 6.58. The van der Waals surface area contributed by atoms with E-state index in [0.29, 0.717) is 36.9 Å². The number of hydrogen-bond donors (Lipinski definition) is 0. The summed E-state index contributed by atoms with van der Waals surface area (Å²) in [6.45, 7) is 1.18. The normalized spacial score (nSPS) is 16.4. The Balaban J connectivity index is 0.00000240. The van der Waals surface area contributed by atoms with Crippen LogP contribution in [0.2, 0.25) is 0 Å². The van der Waals surface area contributed by atoms with Gasteiger partial charge in [-0.05, 0) is 29.8 Å². The molecule has 3 heterocycles. The number of nitrogens with zero attached hydrogens (tertiary/aromatic N) is 4. The van der Waals surface area contributed by atoms with Gasteiger partial charge in [-0.25, -0.2) is 13.8 Å². The maximum atomic E-state index is 13.6. The van der Waals surface area contributed by atoms with Gasteiger partial charge in [0.15, 0.2) is 0 Å². The molecule has 6 nitrogen and oxygen atoms in total. The van der Waals surface area contributed by atoms with Crippen LogP contribution in [-0.2, 0) is 11.8 Å². The molecule has 0 bridgehead atoms. The minimum Gasteiger partial charge on any atom is -0.370 e. The number of anilines is 1. The number of pyridine rings is 1. The molecule has 1 fully saturated rings. The first-order valence-electron chi connectivity index (χ1n) is 8.82. The Morgan fingerprint density at radius 1 is 1.10 bits per heavy atom. The molecule has 1 saturated heterocycles. The summed E-state index contributed by atoms with van der Waals surface area (Å²) in [6, 6.07) is 8.38. The average Bonchev–Trinajstić information content (AvgIpc) is 2.70. The highest BCUT2D eigenvalue weighted by Crippen LogP contribution is 2.27. The van der Waals surface area contributed by atoms with Crippen LogP contribution in [-0.4, -0.2) is 34.2 Å². The minimum atomic E-state index is -0.652. The van der Waals surface area contributed by atoms with Crippen LogP contribution in [0.3, 0.4) is 0 Å². The summed E-state index contributed by atoms with van der Waals surface area (Å²) in [7, 11) is 1.65. The predicted octanol–water partition coefficient (Wildman–Crippen LogP) is 3.12. The third kappa shape index (κ3) is 4.44. The van der Waals surface area contributed by atoms with Gasteiger partial charge in [0.05, 0.1) is 18.8 Å². The number of ether oxygens (including phenoxy) is 1. The summed E-state index contributed by atoms with van der Waals surface area (Å²) in [5, 5.41) is 0. The molecule has 9 heteroatoms. The zero-order chi connectivity index (χ0) is 19.7. The highest BCUT2D eigenvalue weighted by atomic mass is 35.5. The fourth-order valence-electron chi connectivity index (χ4n) is 3.27. The van der Waals surface area contributed by atoms with Crippen LogP contribution in [0.5, 0.6) is 0 Å². The highest BCUT2D eigenvalue weighted by molar-refractivity contribution is 5.85. The van der Waals surface area contributed by atoms with Crippen molar-refractivity contribution >= 4 is 18.4 Å². The van der Waals surface area contributed by atoms with Crippen molar-refractivity contribution in [2.45, 2.75) is 6.10 Å². The van der Waals surface area contributed by atoms with E-state index in [4.69, 9.17) is 4.74 Å². The molecule has 0 aliphatic carbocycles. The first-order chi connectivity index (χ1) is 13.5. The number of morpholine rings is 1. The van der Waals surface area contributed by atoms with E-state index >= 15 is 0 Å². The van der Waals surface area contributed by atoms with Crippen molar-refractivity contribution in [3.8, 4) is 11.3 Å². The summed E-state index contributed by atoms with van der Waals surface area (Å²) in [5.41, 5.74) is 1.54. The Labute approximate surface area is 172 Å². The van der Waals surface area contributed by atoms with Crippen LogP contribution >= 0.6 is 12.4 Å². The third-order valence-electron chi connectivity index (χ3n) is 4.69. The van der Waals surface area contributed by atoms with Gasteiger partial charge < -0.3 is 9.64 Å². The molecule has 0 amide bonds. The SMILES string of the molecule is Cl.Cn1c(N2CCOC(c3cc(F)cc(F)c3)C2)nc(-c2ccncc2)cc1=O. The van der Waals surface area contributed by atoms with Crippen molar-refractivity contribution in [2.75, 3.05) is 24.6 Å². The summed E-state index contributed by atoms with van der Waals surface area (Å²) >= 11 is 0. The van der Waals surface area contributed by atoms with Gasteiger partial charge in [0.2, 0.25) is 5.95 Å². The fraction of sp³-hybridized carbons (Fsp3) is 0.250. The summed E-state index contributed by atoms with van der Waals surface area (Å²) in [6.07, 6.45) is 2.75. The van der Waals surface area contributed by atoms with E-state index in [2.05, 4.69) is 9.97 Å². The van der Waals surface area contributed by atoms with E-state index in [0.717, 1.165) is 11.6 Å². The molecule has 4 rings (SSSR count). The van der Waals surface area contributed by atoms with Gasteiger partial charge in [-0.2, -0.15) is 0 Å². The van der Waals surface area contributed by atoms with E-state index in [-0.39, 0.29) is 18.0 Å². The topological polar surface area (TPSA) is 60.2 Å². The van der Waals surface area contributed by atoms with Gasteiger partial charge in [-0.3, -0.25) is 14.3 Å². The predicted molar refractivity (Wildman–Crippen MR) is 107 cm³/mol. The Kier molecular flexibility index (Phi) is 6.24. The molecule has 152 valence electrons. The van der Waals surface area contributed by atoms with Gasteiger partial charge in [0.1, 0.15) is 17.7 Å². The molecule has 1 unspecified atom stereocenters. The van der Waals surface area contributed by atoms with Crippen LogP contribution in [0.25, 0.3) is 11.3 Å². The zero-order valence-corrected chi connectivity index (χ0v) is 16.4. The summed E-state index contributed by atoms with van der Waals surface area (Å²) in [4.78, 5) is 23.0. The number of hydrogen-bond acceptors (Lipinski definition) is 5. The van der Waals surface area contributed by atoms with Gasteiger partial charge in [0, 0.05) is 43.7 Å². The highest BCUT2D eigenvalue weighted by Gasteiger charge is 2.26. The van der Waals surface area contributed by atoms with E-state index in [1.807, 2.05) is 4.90 Å². The van der Waals surface area contributed by atoms with E-state index in [9.17, 15) is 13.6 Å². The summed E-state index contributed by atoms with van der Waals surface area (Å²) in [5.74, 6) is -0.827. The van der Waals surface area contributed by atoms with Crippen molar-refractivity contribution in [2.24, 2.45) is 7.05 Å². The second kappa shape index (κ2) is 8.67. The summed E-state index contributed by atoms with van der Waals surface area (Å²) < 4.78 is 34.3. The average molecular weight is 421 g/mol. The molecular weight excluding hydrogens is 402 g/mol. The number of benzene rings is 1. The molecule has 1 atom stereocenters.